The van der Waals surface area contributed by atoms with Crippen molar-refractivity contribution in [3.05, 3.63) is 44.7 Å². The van der Waals surface area contributed by atoms with Crippen LogP contribution in [0.25, 0.3) is 11.0 Å². The molecule has 5 nitrogen and oxygen atoms in total. The van der Waals surface area contributed by atoms with Gasteiger partial charge in [0, 0.05) is 28.4 Å². The van der Waals surface area contributed by atoms with E-state index in [9.17, 15) is 4.79 Å². The molecule has 2 aromatic rings. The van der Waals surface area contributed by atoms with Crippen LogP contribution in [0, 0.1) is 5.92 Å². The third kappa shape index (κ3) is 3.42. The fourth-order valence-electron chi connectivity index (χ4n) is 3.61. The number of ether oxygens (including phenoxy) is 2. The van der Waals surface area contributed by atoms with Crippen molar-refractivity contribution < 1.29 is 13.9 Å². The molecule has 0 bridgehead atoms. The lowest BCUT2D eigenvalue weighted by Gasteiger charge is -2.33. The Morgan fingerprint density at radius 1 is 1.12 bits per heavy atom. The third-order valence-corrected chi connectivity index (χ3v) is 5.34. The first-order chi connectivity index (χ1) is 11.7. The highest BCUT2D eigenvalue weighted by Crippen LogP contribution is 2.28. The van der Waals surface area contributed by atoms with E-state index in [2.05, 4.69) is 20.8 Å². The third-order valence-electron chi connectivity index (χ3n) is 4.85. The van der Waals surface area contributed by atoms with Crippen molar-refractivity contribution in [2.75, 3.05) is 26.3 Å². The monoisotopic (exact) mass is 393 g/mol. The van der Waals surface area contributed by atoms with Gasteiger partial charge >= 0.3 is 5.63 Å². The lowest BCUT2D eigenvalue weighted by atomic mass is 9.95. The molecule has 4 rings (SSSR count). The summed E-state index contributed by atoms with van der Waals surface area (Å²) in [5, 5.41) is 1.00. The fourth-order valence-corrected chi connectivity index (χ4v) is 3.95. The lowest BCUT2D eigenvalue weighted by molar-refractivity contribution is -0.0977. The molecule has 2 aliphatic rings. The largest absolute Gasteiger partial charge is 0.423 e. The molecular formula is C18H20BrNO4. The van der Waals surface area contributed by atoms with Crippen LogP contribution < -0.4 is 5.63 Å². The first-order valence-corrected chi connectivity index (χ1v) is 9.16. The van der Waals surface area contributed by atoms with Crippen molar-refractivity contribution in [3.8, 4) is 0 Å². The maximum Gasteiger partial charge on any atom is 0.336 e. The molecule has 2 fully saturated rings. The van der Waals surface area contributed by atoms with Gasteiger partial charge in [-0.25, -0.2) is 4.79 Å². The smallest absolute Gasteiger partial charge is 0.336 e. The standard InChI is InChI=1S/C18H20BrNO4/c19-14-1-2-15-13(9-17(21)24-16(15)10-14)11-20-5-3-12(4-6-20)18-22-7-8-23-18/h1-2,9-10,12,18H,3-8,11H2. The molecule has 6 heteroatoms. The molecule has 1 aromatic heterocycles. The van der Waals surface area contributed by atoms with Crippen LogP contribution >= 0.6 is 15.9 Å². The molecule has 0 amide bonds. The maximum atomic E-state index is 11.8. The second-order valence-electron chi connectivity index (χ2n) is 6.45. The van der Waals surface area contributed by atoms with E-state index in [0.29, 0.717) is 24.7 Å². The van der Waals surface area contributed by atoms with Gasteiger partial charge in [-0.3, -0.25) is 4.90 Å². The van der Waals surface area contributed by atoms with Crippen LogP contribution in [0.1, 0.15) is 18.4 Å². The highest BCUT2D eigenvalue weighted by molar-refractivity contribution is 9.10. The van der Waals surface area contributed by atoms with E-state index in [1.54, 1.807) is 6.07 Å². The topological polar surface area (TPSA) is 51.9 Å². The van der Waals surface area contributed by atoms with E-state index in [-0.39, 0.29) is 11.9 Å². The summed E-state index contributed by atoms with van der Waals surface area (Å²) in [6.07, 6.45) is 2.11. The van der Waals surface area contributed by atoms with Gasteiger partial charge in [0.2, 0.25) is 0 Å². The van der Waals surface area contributed by atoms with Crippen molar-refractivity contribution in [1.82, 2.24) is 4.90 Å². The van der Waals surface area contributed by atoms with Gasteiger partial charge in [0.15, 0.2) is 6.29 Å². The number of likely N-dealkylation sites (tertiary alicyclic amines) is 1. The Morgan fingerprint density at radius 3 is 2.62 bits per heavy atom. The maximum absolute atomic E-state index is 11.8. The number of hydrogen-bond donors (Lipinski definition) is 0. The van der Waals surface area contributed by atoms with Crippen LogP contribution in [0.5, 0.6) is 0 Å². The minimum Gasteiger partial charge on any atom is -0.423 e. The predicted octanol–water partition coefficient (Wildman–Crippen LogP) is 3.14. The van der Waals surface area contributed by atoms with Crippen molar-refractivity contribution in [2.45, 2.75) is 25.7 Å². The van der Waals surface area contributed by atoms with E-state index in [4.69, 9.17) is 13.9 Å². The van der Waals surface area contributed by atoms with Crippen molar-refractivity contribution >= 4 is 26.9 Å². The molecule has 0 aliphatic carbocycles. The highest BCUT2D eigenvalue weighted by atomic mass is 79.9. The molecule has 0 saturated carbocycles. The molecule has 2 saturated heterocycles. The Kier molecular flexibility index (Phi) is 4.72. The Hall–Kier alpha value is -1.21. The van der Waals surface area contributed by atoms with Crippen LogP contribution in [0.15, 0.2) is 37.9 Å². The second kappa shape index (κ2) is 6.96. The molecule has 24 heavy (non-hydrogen) atoms. The molecule has 3 heterocycles. The van der Waals surface area contributed by atoms with Gasteiger partial charge in [-0.15, -0.1) is 0 Å². The summed E-state index contributed by atoms with van der Waals surface area (Å²) in [5.41, 5.74) is 1.37. The average Bonchev–Trinajstić information content (AvgIpc) is 3.09. The van der Waals surface area contributed by atoms with E-state index in [1.165, 1.54) is 0 Å². The summed E-state index contributed by atoms with van der Waals surface area (Å²) in [4.78, 5) is 14.2. The molecule has 2 aliphatic heterocycles. The average molecular weight is 394 g/mol. The first kappa shape index (κ1) is 16.3. The van der Waals surface area contributed by atoms with Gasteiger partial charge in [0.25, 0.3) is 0 Å². The first-order valence-electron chi connectivity index (χ1n) is 8.37. The summed E-state index contributed by atoms with van der Waals surface area (Å²) in [6, 6.07) is 7.45. The minimum absolute atomic E-state index is 0.0194. The highest BCUT2D eigenvalue weighted by Gasteiger charge is 2.30. The number of fused-ring (bicyclic) bond motifs is 1. The van der Waals surface area contributed by atoms with Crippen LogP contribution in [0.4, 0.5) is 0 Å². The van der Waals surface area contributed by atoms with Gasteiger partial charge in [-0.1, -0.05) is 15.9 Å². The quantitative estimate of drug-likeness (QED) is 0.749. The van der Waals surface area contributed by atoms with Gasteiger partial charge in [-0.05, 0) is 49.7 Å². The van der Waals surface area contributed by atoms with E-state index >= 15 is 0 Å². The molecule has 128 valence electrons. The number of halogens is 1. The van der Waals surface area contributed by atoms with Gasteiger partial charge in [0.1, 0.15) is 5.58 Å². The second-order valence-corrected chi connectivity index (χ2v) is 7.37. The van der Waals surface area contributed by atoms with Gasteiger partial charge in [-0.2, -0.15) is 0 Å². The zero-order chi connectivity index (χ0) is 16.5. The van der Waals surface area contributed by atoms with Crippen LogP contribution in [0.2, 0.25) is 0 Å². The van der Waals surface area contributed by atoms with Crippen LogP contribution in [-0.2, 0) is 16.0 Å². The SMILES string of the molecule is O=c1cc(CN2CCC(C3OCCO3)CC2)c2ccc(Br)cc2o1. The van der Waals surface area contributed by atoms with E-state index in [0.717, 1.165) is 47.9 Å². The molecule has 0 spiro atoms. The molecule has 0 N–H and O–H groups in total. The molecule has 1 aromatic carbocycles. The number of benzene rings is 1. The number of piperidine rings is 1. The Balaban J connectivity index is 1.48. The van der Waals surface area contributed by atoms with Crippen LogP contribution in [-0.4, -0.2) is 37.5 Å². The summed E-state index contributed by atoms with van der Waals surface area (Å²) in [6.45, 7) is 4.18. The van der Waals surface area contributed by atoms with Crippen LogP contribution in [0.3, 0.4) is 0 Å². The summed E-state index contributed by atoms with van der Waals surface area (Å²) < 4.78 is 17.5. The zero-order valence-electron chi connectivity index (χ0n) is 13.4. The number of nitrogens with zero attached hydrogens (tertiary/aromatic N) is 1. The predicted molar refractivity (Wildman–Crippen MR) is 93.9 cm³/mol. The summed E-state index contributed by atoms with van der Waals surface area (Å²) >= 11 is 3.42. The van der Waals surface area contributed by atoms with E-state index < -0.39 is 0 Å². The van der Waals surface area contributed by atoms with Crippen molar-refractivity contribution in [1.29, 1.82) is 0 Å². The Morgan fingerprint density at radius 2 is 1.88 bits per heavy atom. The molecule has 0 unspecified atom stereocenters. The number of hydrogen-bond acceptors (Lipinski definition) is 5. The summed E-state index contributed by atoms with van der Waals surface area (Å²) in [7, 11) is 0. The minimum atomic E-state index is -0.293. The normalized spacial score (nSPS) is 20.9. The van der Waals surface area contributed by atoms with Crippen molar-refractivity contribution in [3.63, 3.8) is 0 Å². The van der Waals surface area contributed by atoms with Crippen molar-refractivity contribution in [2.24, 2.45) is 5.92 Å². The zero-order valence-corrected chi connectivity index (χ0v) is 15.0. The Labute approximate surface area is 148 Å². The molecule has 0 radical (unpaired) electrons. The van der Waals surface area contributed by atoms with E-state index in [1.807, 2.05) is 18.2 Å². The summed E-state index contributed by atoms with van der Waals surface area (Å²) in [5.74, 6) is 0.484. The van der Waals surface area contributed by atoms with Gasteiger partial charge < -0.3 is 13.9 Å². The van der Waals surface area contributed by atoms with Gasteiger partial charge in [0.05, 0.1) is 13.2 Å². The number of rotatable bonds is 3. The lowest BCUT2D eigenvalue weighted by Crippen LogP contribution is -2.37. The fraction of sp³-hybridized carbons (Fsp3) is 0.500. The Bertz CT molecular complexity index is 776. The molecule has 0 atom stereocenters. The molecular weight excluding hydrogens is 374 g/mol.